The van der Waals surface area contributed by atoms with E-state index in [0.29, 0.717) is 30.5 Å². The van der Waals surface area contributed by atoms with Crippen molar-refractivity contribution in [3.63, 3.8) is 0 Å². The lowest BCUT2D eigenvalue weighted by Crippen LogP contribution is -2.46. The van der Waals surface area contributed by atoms with E-state index in [1.165, 1.54) is 17.0 Å². The van der Waals surface area contributed by atoms with Crippen molar-refractivity contribution in [1.29, 1.82) is 0 Å². The Hall–Kier alpha value is -1.65. The van der Waals surface area contributed by atoms with Crippen molar-refractivity contribution < 1.29 is 18.7 Å². The first-order valence-electron chi connectivity index (χ1n) is 6.95. The zero-order valence-corrected chi connectivity index (χ0v) is 11.1. The van der Waals surface area contributed by atoms with E-state index in [0.717, 1.165) is 25.3 Å². The Balaban J connectivity index is 1.77. The number of piperidine rings is 1. The van der Waals surface area contributed by atoms with E-state index in [2.05, 4.69) is 0 Å². The summed E-state index contributed by atoms with van der Waals surface area (Å²) < 4.78 is 26.6. The molecule has 1 aromatic carbocycles. The lowest BCUT2D eigenvalue weighted by molar-refractivity contribution is 0.0690. The third kappa shape index (κ3) is 2.62. The Labute approximate surface area is 116 Å². The minimum absolute atomic E-state index is 0.139. The molecule has 1 N–H and O–H groups in total. The van der Waals surface area contributed by atoms with Crippen molar-refractivity contribution in [2.75, 3.05) is 13.1 Å². The normalized spacial score (nSPS) is 29.3. The van der Waals surface area contributed by atoms with E-state index in [9.17, 15) is 13.6 Å². The summed E-state index contributed by atoms with van der Waals surface area (Å²) >= 11 is 0. The van der Waals surface area contributed by atoms with Crippen LogP contribution in [0.4, 0.5) is 13.6 Å². The zero-order chi connectivity index (χ0) is 14.3. The molecule has 1 saturated carbocycles. The molecule has 1 amide bonds. The molecule has 3 rings (SSSR count). The number of hydrogen-bond donors (Lipinski definition) is 1. The van der Waals surface area contributed by atoms with Crippen molar-refractivity contribution >= 4 is 6.09 Å². The highest BCUT2D eigenvalue weighted by Gasteiger charge is 2.37. The summed E-state index contributed by atoms with van der Waals surface area (Å²) in [5, 5.41) is 9.08. The van der Waals surface area contributed by atoms with Gasteiger partial charge in [-0.2, -0.15) is 0 Å². The topological polar surface area (TPSA) is 40.5 Å². The second kappa shape index (κ2) is 5.04. The van der Waals surface area contributed by atoms with Gasteiger partial charge in [0.05, 0.1) is 0 Å². The quantitative estimate of drug-likeness (QED) is 0.856. The average molecular weight is 281 g/mol. The predicted molar refractivity (Wildman–Crippen MR) is 69.5 cm³/mol. The molecule has 2 unspecified atom stereocenters. The Morgan fingerprint density at radius 2 is 1.60 bits per heavy atom. The van der Waals surface area contributed by atoms with Crippen LogP contribution in [-0.2, 0) is 0 Å². The van der Waals surface area contributed by atoms with Gasteiger partial charge in [-0.05, 0) is 54.7 Å². The molecule has 2 bridgehead atoms. The molecule has 1 aromatic rings. The standard InChI is InChI=1S/C15H17F2NO2/c16-13-4-12(5-14(17)6-13)11-2-9-1-10(3-11)8-18(7-9)15(19)20/h4-6,9-11H,1-3,7-8H2,(H,19,20). The summed E-state index contributed by atoms with van der Waals surface area (Å²) in [4.78, 5) is 12.5. The highest BCUT2D eigenvalue weighted by molar-refractivity contribution is 5.65. The Bertz CT molecular complexity index is 500. The van der Waals surface area contributed by atoms with Gasteiger partial charge >= 0.3 is 6.09 Å². The molecule has 20 heavy (non-hydrogen) atoms. The Morgan fingerprint density at radius 3 is 2.10 bits per heavy atom. The number of benzene rings is 1. The molecule has 2 atom stereocenters. The first-order valence-corrected chi connectivity index (χ1v) is 6.95. The average Bonchev–Trinajstić information content (AvgIpc) is 2.36. The van der Waals surface area contributed by atoms with Crippen molar-refractivity contribution in [1.82, 2.24) is 4.90 Å². The summed E-state index contributed by atoms with van der Waals surface area (Å²) in [7, 11) is 0. The number of carboxylic acid groups (broad SMARTS) is 1. The van der Waals surface area contributed by atoms with E-state index in [1.807, 2.05) is 0 Å². The molecule has 1 saturated heterocycles. The third-order valence-corrected chi connectivity index (χ3v) is 4.49. The lowest BCUT2D eigenvalue weighted by Gasteiger charge is -2.43. The Morgan fingerprint density at radius 1 is 1.05 bits per heavy atom. The van der Waals surface area contributed by atoms with Crippen LogP contribution >= 0.6 is 0 Å². The number of amides is 1. The van der Waals surface area contributed by atoms with Crippen molar-refractivity contribution in [2.45, 2.75) is 25.2 Å². The van der Waals surface area contributed by atoms with Crippen LogP contribution in [0.1, 0.15) is 30.7 Å². The molecular formula is C15H17F2NO2. The SMILES string of the molecule is O=C(O)N1CC2CC(CC(c3cc(F)cc(F)c3)C2)C1. The summed E-state index contributed by atoms with van der Waals surface area (Å²) in [5.74, 6) is -0.337. The van der Waals surface area contributed by atoms with Gasteiger partial charge in [-0.15, -0.1) is 0 Å². The van der Waals surface area contributed by atoms with Gasteiger partial charge < -0.3 is 10.0 Å². The summed E-state index contributed by atoms with van der Waals surface area (Å²) in [5.41, 5.74) is 0.709. The molecule has 0 aromatic heterocycles. The van der Waals surface area contributed by atoms with Gasteiger partial charge in [0.15, 0.2) is 0 Å². The first kappa shape index (κ1) is 13.3. The van der Waals surface area contributed by atoms with Gasteiger partial charge in [-0.25, -0.2) is 13.6 Å². The van der Waals surface area contributed by atoms with Crippen molar-refractivity contribution in [2.24, 2.45) is 11.8 Å². The molecule has 2 fully saturated rings. The van der Waals surface area contributed by atoms with Gasteiger partial charge in [0.2, 0.25) is 0 Å². The summed E-state index contributed by atoms with van der Waals surface area (Å²) in [6.07, 6.45) is 1.78. The van der Waals surface area contributed by atoms with Crippen LogP contribution < -0.4 is 0 Å². The van der Waals surface area contributed by atoms with E-state index in [-0.39, 0.29) is 5.92 Å². The van der Waals surface area contributed by atoms with Crippen LogP contribution in [0.2, 0.25) is 0 Å². The summed E-state index contributed by atoms with van der Waals surface area (Å²) in [6.45, 7) is 1.08. The largest absolute Gasteiger partial charge is 0.465 e. The van der Waals surface area contributed by atoms with Gasteiger partial charge in [-0.1, -0.05) is 0 Å². The van der Waals surface area contributed by atoms with E-state index >= 15 is 0 Å². The molecule has 1 aliphatic carbocycles. The maximum Gasteiger partial charge on any atom is 0.407 e. The van der Waals surface area contributed by atoms with Crippen LogP contribution in [-0.4, -0.2) is 29.2 Å². The number of carbonyl (C=O) groups is 1. The van der Waals surface area contributed by atoms with Crippen LogP contribution in [0.25, 0.3) is 0 Å². The highest BCUT2D eigenvalue weighted by atomic mass is 19.1. The van der Waals surface area contributed by atoms with Crippen molar-refractivity contribution in [3.05, 3.63) is 35.4 Å². The smallest absolute Gasteiger partial charge is 0.407 e. The second-order valence-corrected chi connectivity index (χ2v) is 6.03. The molecule has 1 aliphatic heterocycles. The summed E-state index contributed by atoms with van der Waals surface area (Å²) in [6, 6.07) is 3.70. The molecule has 1 heterocycles. The molecule has 0 spiro atoms. The fourth-order valence-electron chi connectivity index (χ4n) is 3.80. The zero-order valence-electron chi connectivity index (χ0n) is 11.1. The molecule has 108 valence electrons. The third-order valence-electron chi connectivity index (χ3n) is 4.49. The fraction of sp³-hybridized carbons (Fsp3) is 0.533. The van der Waals surface area contributed by atoms with Crippen LogP contribution in [0, 0.1) is 23.5 Å². The molecule has 2 aliphatic rings. The van der Waals surface area contributed by atoms with Crippen LogP contribution in [0.15, 0.2) is 18.2 Å². The van der Waals surface area contributed by atoms with E-state index in [1.54, 1.807) is 0 Å². The molecule has 5 heteroatoms. The van der Waals surface area contributed by atoms with Crippen molar-refractivity contribution in [3.8, 4) is 0 Å². The molecule has 3 nitrogen and oxygen atoms in total. The van der Waals surface area contributed by atoms with E-state index < -0.39 is 17.7 Å². The minimum atomic E-state index is -0.866. The van der Waals surface area contributed by atoms with Gasteiger partial charge in [0.1, 0.15) is 11.6 Å². The molecular weight excluding hydrogens is 264 g/mol. The lowest BCUT2D eigenvalue weighted by atomic mass is 9.70. The van der Waals surface area contributed by atoms with Gasteiger partial charge in [0, 0.05) is 19.2 Å². The maximum atomic E-state index is 13.3. The Kier molecular flexibility index (Phi) is 3.36. The molecule has 0 radical (unpaired) electrons. The second-order valence-electron chi connectivity index (χ2n) is 6.03. The first-order chi connectivity index (χ1) is 9.51. The van der Waals surface area contributed by atoms with Crippen LogP contribution in [0.5, 0.6) is 0 Å². The number of nitrogens with zero attached hydrogens (tertiary/aromatic N) is 1. The van der Waals surface area contributed by atoms with E-state index in [4.69, 9.17) is 5.11 Å². The highest BCUT2D eigenvalue weighted by Crippen LogP contribution is 2.42. The number of rotatable bonds is 1. The van der Waals surface area contributed by atoms with Gasteiger partial charge in [-0.3, -0.25) is 0 Å². The number of halogens is 2. The number of fused-ring (bicyclic) bond motifs is 2. The van der Waals surface area contributed by atoms with Crippen LogP contribution in [0.3, 0.4) is 0 Å². The fourth-order valence-corrected chi connectivity index (χ4v) is 3.80. The maximum absolute atomic E-state index is 13.3. The predicted octanol–water partition coefficient (Wildman–Crippen LogP) is 3.46. The monoisotopic (exact) mass is 281 g/mol. The number of hydrogen-bond acceptors (Lipinski definition) is 1. The number of likely N-dealkylation sites (tertiary alicyclic amines) is 1. The minimum Gasteiger partial charge on any atom is -0.465 e. The van der Waals surface area contributed by atoms with Gasteiger partial charge in [0.25, 0.3) is 0 Å².